The van der Waals surface area contributed by atoms with E-state index < -0.39 is 11.9 Å². The van der Waals surface area contributed by atoms with Gasteiger partial charge in [-0.25, -0.2) is 0 Å². The maximum Gasteiger partial charge on any atom is 0.318 e. The second-order valence-corrected chi connectivity index (χ2v) is 7.85. The Kier molecular flexibility index (Phi) is 5.76. The number of carbonyl (C=O) groups excluding carboxylic acids is 2. The molecule has 0 bridgehead atoms. The molecular formula is C26H25NO4. The molecular weight excluding hydrogens is 390 g/mol. The van der Waals surface area contributed by atoms with Crippen LogP contribution in [0, 0.1) is 13.8 Å². The van der Waals surface area contributed by atoms with Gasteiger partial charge in [-0.15, -0.1) is 0 Å². The van der Waals surface area contributed by atoms with Crippen molar-refractivity contribution in [1.82, 2.24) is 5.32 Å². The second kappa shape index (κ2) is 8.64. The third-order valence-corrected chi connectivity index (χ3v) is 5.67. The van der Waals surface area contributed by atoms with E-state index in [1.54, 1.807) is 0 Å². The molecule has 1 aliphatic rings. The number of esters is 1. The van der Waals surface area contributed by atoms with Gasteiger partial charge in [-0.05, 0) is 49.6 Å². The number of amides is 1. The molecule has 0 saturated carbocycles. The maximum absolute atomic E-state index is 13.0. The predicted octanol–water partition coefficient (Wildman–Crippen LogP) is 4.96. The zero-order valence-electron chi connectivity index (χ0n) is 17.8. The number of fused-ring (bicyclic) bond motifs is 2. The normalized spacial score (nSPS) is 13.4. The Hall–Kier alpha value is -3.60. The summed E-state index contributed by atoms with van der Waals surface area (Å²) in [5, 5.41) is 2.90. The van der Waals surface area contributed by atoms with E-state index in [1.165, 1.54) is 11.1 Å². The summed E-state index contributed by atoms with van der Waals surface area (Å²) in [5.74, 6) is -0.206. The molecule has 5 heteroatoms. The Morgan fingerprint density at radius 1 is 0.935 bits per heavy atom. The molecule has 3 aromatic carbocycles. The second-order valence-electron chi connectivity index (χ2n) is 7.85. The standard InChI is InChI=1S/C26H25NO4/c1-16-12-13-19(14-17(16)2)18(3)27-24(28)15-30-26(29)25-20-8-4-6-10-22(20)31-23-11-7-5-9-21(23)25/h4-14,18,25H,15H2,1-3H3,(H,27,28)/t18-/m1/s1. The van der Waals surface area contributed by atoms with Crippen molar-refractivity contribution in [2.24, 2.45) is 0 Å². The van der Waals surface area contributed by atoms with Gasteiger partial charge in [0, 0.05) is 11.1 Å². The van der Waals surface area contributed by atoms with E-state index >= 15 is 0 Å². The van der Waals surface area contributed by atoms with Crippen LogP contribution in [0.5, 0.6) is 11.5 Å². The van der Waals surface area contributed by atoms with Crippen LogP contribution in [-0.2, 0) is 14.3 Å². The van der Waals surface area contributed by atoms with Gasteiger partial charge in [-0.2, -0.15) is 0 Å². The fourth-order valence-corrected chi connectivity index (χ4v) is 3.78. The number of rotatable bonds is 5. The van der Waals surface area contributed by atoms with Crippen molar-refractivity contribution < 1.29 is 19.1 Å². The average molecular weight is 415 g/mol. The molecule has 0 radical (unpaired) electrons. The van der Waals surface area contributed by atoms with E-state index in [2.05, 4.69) is 18.3 Å². The number of benzene rings is 3. The summed E-state index contributed by atoms with van der Waals surface area (Å²) in [4.78, 5) is 25.5. The highest BCUT2D eigenvalue weighted by Gasteiger charge is 2.33. The van der Waals surface area contributed by atoms with Gasteiger partial charge in [0.15, 0.2) is 6.61 Å². The first kappa shape index (κ1) is 20.7. The molecule has 5 nitrogen and oxygen atoms in total. The summed E-state index contributed by atoms with van der Waals surface area (Å²) in [6.07, 6.45) is 0. The number of aryl methyl sites for hydroxylation is 2. The highest BCUT2D eigenvalue weighted by atomic mass is 16.5. The van der Waals surface area contributed by atoms with Gasteiger partial charge in [-0.3, -0.25) is 9.59 Å². The molecule has 1 heterocycles. The van der Waals surface area contributed by atoms with Gasteiger partial charge >= 0.3 is 5.97 Å². The monoisotopic (exact) mass is 415 g/mol. The molecule has 0 unspecified atom stereocenters. The Morgan fingerprint density at radius 2 is 1.55 bits per heavy atom. The van der Waals surface area contributed by atoms with E-state index in [0.29, 0.717) is 11.5 Å². The summed E-state index contributed by atoms with van der Waals surface area (Å²) >= 11 is 0. The molecule has 3 aromatic rings. The Balaban J connectivity index is 1.44. The van der Waals surface area contributed by atoms with Crippen LogP contribution in [0.4, 0.5) is 0 Å². The van der Waals surface area contributed by atoms with Gasteiger partial charge in [0.2, 0.25) is 0 Å². The number of hydrogen-bond acceptors (Lipinski definition) is 4. The highest BCUT2D eigenvalue weighted by molar-refractivity contribution is 5.88. The maximum atomic E-state index is 13.0. The molecule has 158 valence electrons. The van der Waals surface area contributed by atoms with E-state index in [1.807, 2.05) is 74.5 Å². The third-order valence-electron chi connectivity index (χ3n) is 5.67. The smallest absolute Gasteiger partial charge is 0.318 e. The molecule has 0 aromatic heterocycles. The molecule has 1 N–H and O–H groups in total. The zero-order chi connectivity index (χ0) is 22.0. The van der Waals surface area contributed by atoms with Gasteiger partial charge in [-0.1, -0.05) is 54.6 Å². The van der Waals surface area contributed by atoms with Gasteiger partial charge in [0.05, 0.1) is 6.04 Å². The molecule has 4 rings (SSSR count). The minimum absolute atomic E-state index is 0.185. The summed E-state index contributed by atoms with van der Waals surface area (Å²) < 4.78 is 11.3. The predicted molar refractivity (Wildman–Crippen MR) is 118 cm³/mol. The van der Waals surface area contributed by atoms with Crippen molar-refractivity contribution in [1.29, 1.82) is 0 Å². The average Bonchev–Trinajstić information content (AvgIpc) is 2.77. The van der Waals surface area contributed by atoms with Crippen LogP contribution >= 0.6 is 0 Å². The van der Waals surface area contributed by atoms with E-state index in [9.17, 15) is 9.59 Å². The Morgan fingerprint density at radius 3 is 2.16 bits per heavy atom. The lowest BCUT2D eigenvalue weighted by Gasteiger charge is -2.26. The van der Waals surface area contributed by atoms with Crippen LogP contribution in [0.25, 0.3) is 0 Å². The number of para-hydroxylation sites is 2. The molecule has 1 atom stereocenters. The number of ether oxygens (including phenoxy) is 2. The van der Waals surface area contributed by atoms with Crippen molar-refractivity contribution in [2.75, 3.05) is 6.61 Å². The highest BCUT2D eigenvalue weighted by Crippen LogP contribution is 2.44. The summed E-state index contributed by atoms with van der Waals surface area (Å²) in [7, 11) is 0. The number of hydrogen-bond donors (Lipinski definition) is 1. The largest absolute Gasteiger partial charge is 0.457 e. The van der Waals surface area contributed by atoms with Gasteiger partial charge in [0.1, 0.15) is 17.4 Å². The molecule has 0 saturated heterocycles. The molecule has 1 aliphatic heterocycles. The topological polar surface area (TPSA) is 64.6 Å². The minimum Gasteiger partial charge on any atom is -0.457 e. The minimum atomic E-state index is -0.633. The van der Waals surface area contributed by atoms with E-state index in [4.69, 9.17) is 9.47 Å². The van der Waals surface area contributed by atoms with E-state index in [0.717, 1.165) is 16.7 Å². The molecule has 1 amide bonds. The fourth-order valence-electron chi connectivity index (χ4n) is 3.78. The number of nitrogens with one attached hydrogen (secondary N) is 1. The first-order chi connectivity index (χ1) is 14.9. The molecule has 31 heavy (non-hydrogen) atoms. The fraction of sp³-hybridized carbons (Fsp3) is 0.231. The quantitative estimate of drug-likeness (QED) is 0.598. The van der Waals surface area contributed by atoms with Crippen LogP contribution in [0.2, 0.25) is 0 Å². The first-order valence-corrected chi connectivity index (χ1v) is 10.3. The van der Waals surface area contributed by atoms with Crippen molar-refractivity contribution in [2.45, 2.75) is 32.7 Å². The summed E-state index contributed by atoms with van der Waals surface area (Å²) in [6, 6.07) is 20.7. The summed E-state index contributed by atoms with van der Waals surface area (Å²) in [6.45, 7) is 5.66. The molecule has 0 fully saturated rings. The lowest BCUT2D eigenvalue weighted by atomic mass is 9.88. The van der Waals surface area contributed by atoms with Crippen molar-refractivity contribution in [3.05, 3.63) is 94.5 Å². The lowest BCUT2D eigenvalue weighted by Crippen LogP contribution is -2.32. The van der Waals surface area contributed by atoms with Gasteiger partial charge < -0.3 is 14.8 Å². The van der Waals surface area contributed by atoms with Crippen molar-refractivity contribution in [3.8, 4) is 11.5 Å². The third kappa shape index (κ3) is 4.31. The van der Waals surface area contributed by atoms with Crippen LogP contribution in [0.15, 0.2) is 66.7 Å². The summed E-state index contributed by atoms with van der Waals surface area (Å²) in [5.41, 5.74) is 4.84. The van der Waals surface area contributed by atoms with Crippen molar-refractivity contribution in [3.63, 3.8) is 0 Å². The first-order valence-electron chi connectivity index (χ1n) is 10.3. The van der Waals surface area contributed by atoms with Crippen LogP contribution in [-0.4, -0.2) is 18.5 Å². The Labute approximate surface area is 182 Å². The zero-order valence-corrected chi connectivity index (χ0v) is 17.8. The number of carbonyl (C=O) groups is 2. The van der Waals surface area contributed by atoms with E-state index in [-0.39, 0.29) is 18.6 Å². The molecule has 0 spiro atoms. The van der Waals surface area contributed by atoms with Crippen LogP contribution in [0.1, 0.15) is 46.7 Å². The lowest BCUT2D eigenvalue weighted by molar-refractivity contribution is -0.149. The van der Waals surface area contributed by atoms with Gasteiger partial charge in [0.25, 0.3) is 5.91 Å². The SMILES string of the molecule is Cc1ccc([C@@H](C)NC(=O)COC(=O)C2c3ccccc3Oc3ccccc32)cc1C. The van der Waals surface area contributed by atoms with Crippen LogP contribution < -0.4 is 10.1 Å². The van der Waals surface area contributed by atoms with Crippen LogP contribution in [0.3, 0.4) is 0 Å². The van der Waals surface area contributed by atoms with Crippen molar-refractivity contribution >= 4 is 11.9 Å². The Bertz CT molecular complexity index is 1090. The molecule has 0 aliphatic carbocycles.